The molecule has 0 saturated heterocycles. The van der Waals surface area contributed by atoms with Gasteiger partial charge in [0, 0.05) is 0 Å². The Labute approximate surface area is 145 Å². The molecule has 0 heterocycles. The van der Waals surface area contributed by atoms with Crippen LogP contribution < -0.4 is 0 Å². The van der Waals surface area contributed by atoms with Crippen LogP contribution in [0.3, 0.4) is 0 Å². The van der Waals surface area contributed by atoms with Crippen molar-refractivity contribution in [3.8, 4) is 11.1 Å². The summed E-state index contributed by atoms with van der Waals surface area (Å²) in [5, 5.41) is 0. The Morgan fingerprint density at radius 3 is 1.88 bits per heavy atom. The molecule has 2 aromatic carbocycles. The minimum Gasteiger partial charge on any atom is -0.465 e. The van der Waals surface area contributed by atoms with E-state index in [4.69, 9.17) is 4.74 Å². The number of carbonyl (C=O) groups is 1. The quantitative estimate of drug-likeness (QED) is 0.701. The van der Waals surface area contributed by atoms with Crippen LogP contribution in [0.1, 0.15) is 48.6 Å². The average molecular weight is 324 g/mol. The van der Waals surface area contributed by atoms with Crippen LogP contribution >= 0.6 is 0 Å². The number of aryl methyl sites for hydroxylation is 4. The monoisotopic (exact) mass is 324 g/mol. The Morgan fingerprint density at radius 2 is 1.42 bits per heavy atom. The van der Waals surface area contributed by atoms with E-state index < -0.39 is 5.41 Å². The maximum absolute atomic E-state index is 12.3. The third-order valence-corrected chi connectivity index (χ3v) is 4.55. The van der Waals surface area contributed by atoms with E-state index in [9.17, 15) is 4.79 Å². The summed E-state index contributed by atoms with van der Waals surface area (Å²) in [7, 11) is 0. The third-order valence-electron chi connectivity index (χ3n) is 4.55. The van der Waals surface area contributed by atoms with Crippen molar-refractivity contribution in [2.24, 2.45) is 0 Å². The highest BCUT2D eigenvalue weighted by Gasteiger charge is 2.32. The first kappa shape index (κ1) is 18.3. The molecule has 0 saturated carbocycles. The number of hydrogen-bond donors (Lipinski definition) is 0. The Morgan fingerprint density at radius 1 is 0.917 bits per heavy atom. The van der Waals surface area contributed by atoms with Gasteiger partial charge in [-0.3, -0.25) is 4.79 Å². The van der Waals surface area contributed by atoms with Crippen molar-refractivity contribution >= 4 is 5.97 Å². The standard InChI is InChI=1S/C22H28O2/c1-8-24-21(23)22(6,7)19-12-16(4)20(17(5)13-19)18-10-14(2)9-15(3)11-18/h9-13H,8H2,1-7H3. The van der Waals surface area contributed by atoms with Gasteiger partial charge < -0.3 is 4.74 Å². The summed E-state index contributed by atoms with van der Waals surface area (Å²) in [6.45, 7) is 14.6. The Balaban J connectivity index is 2.55. The molecule has 2 heteroatoms. The van der Waals surface area contributed by atoms with Crippen molar-refractivity contribution < 1.29 is 9.53 Å². The molecule has 0 atom stereocenters. The molecule has 0 aromatic heterocycles. The number of benzene rings is 2. The number of hydrogen-bond acceptors (Lipinski definition) is 2. The van der Waals surface area contributed by atoms with Crippen LogP contribution in [0.4, 0.5) is 0 Å². The summed E-state index contributed by atoms with van der Waals surface area (Å²) in [6.07, 6.45) is 0. The molecule has 2 aromatic rings. The second-order valence-electron chi connectivity index (χ2n) is 7.21. The van der Waals surface area contributed by atoms with Crippen molar-refractivity contribution in [1.29, 1.82) is 0 Å². The first-order chi connectivity index (χ1) is 11.2. The van der Waals surface area contributed by atoms with Gasteiger partial charge >= 0.3 is 5.97 Å². The summed E-state index contributed by atoms with van der Waals surface area (Å²) in [4.78, 5) is 12.3. The summed E-state index contributed by atoms with van der Waals surface area (Å²) >= 11 is 0. The number of esters is 1. The van der Waals surface area contributed by atoms with Crippen LogP contribution in [0.25, 0.3) is 11.1 Å². The van der Waals surface area contributed by atoms with E-state index in [1.807, 2.05) is 20.8 Å². The molecule has 2 nitrogen and oxygen atoms in total. The molecule has 0 radical (unpaired) electrons. The Kier molecular flexibility index (Phi) is 5.17. The zero-order chi connectivity index (χ0) is 18.1. The summed E-state index contributed by atoms with van der Waals surface area (Å²) < 4.78 is 5.25. The molecule has 24 heavy (non-hydrogen) atoms. The lowest BCUT2D eigenvalue weighted by molar-refractivity contribution is -0.148. The van der Waals surface area contributed by atoms with Crippen LogP contribution in [-0.4, -0.2) is 12.6 Å². The van der Waals surface area contributed by atoms with Crippen LogP contribution in [-0.2, 0) is 14.9 Å². The van der Waals surface area contributed by atoms with E-state index in [-0.39, 0.29) is 5.97 Å². The lowest BCUT2D eigenvalue weighted by Gasteiger charge is -2.25. The molecular weight excluding hydrogens is 296 g/mol. The first-order valence-corrected chi connectivity index (χ1v) is 8.54. The molecule has 2 rings (SSSR count). The topological polar surface area (TPSA) is 26.3 Å². The molecule has 0 fully saturated rings. The highest BCUT2D eigenvalue weighted by Crippen LogP contribution is 2.34. The van der Waals surface area contributed by atoms with Gasteiger partial charge in [-0.1, -0.05) is 41.5 Å². The third kappa shape index (κ3) is 3.53. The van der Waals surface area contributed by atoms with Crippen molar-refractivity contribution in [2.45, 2.75) is 53.9 Å². The van der Waals surface area contributed by atoms with E-state index in [1.54, 1.807) is 0 Å². The maximum Gasteiger partial charge on any atom is 0.315 e. The van der Waals surface area contributed by atoms with Crippen molar-refractivity contribution in [2.75, 3.05) is 6.61 Å². The SMILES string of the molecule is CCOC(=O)C(C)(C)c1cc(C)c(-c2cc(C)cc(C)c2)c(C)c1. The smallest absolute Gasteiger partial charge is 0.315 e. The average Bonchev–Trinajstić information content (AvgIpc) is 2.45. The van der Waals surface area contributed by atoms with E-state index in [0.717, 1.165) is 5.56 Å². The molecule has 128 valence electrons. The van der Waals surface area contributed by atoms with Crippen LogP contribution in [0.15, 0.2) is 30.3 Å². The largest absolute Gasteiger partial charge is 0.465 e. The highest BCUT2D eigenvalue weighted by atomic mass is 16.5. The van der Waals surface area contributed by atoms with Gasteiger partial charge in [0.15, 0.2) is 0 Å². The van der Waals surface area contributed by atoms with Gasteiger partial charge in [0.05, 0.1) is 12.0 Å². The fourth-order valence-corrected chi connectivity index (χ4v) is 3.33. The minimum atomic E-state index is -0.646. The number of rotatable bonds is 4. The molecule has 0 amide bonds. The van der Waals surface area contributed by atoms with Gasteiger partial charge in [-0.25, -0.2) is 0 Å². The summed E-state index contributed by atoms with van der Waals surface area (Å²) in [5.74, 6) is -0.178. The van der Waals surface area contributed by atoms with E-state index in [0.29, 0.717) is 6.61 Å². The first-order valence-electron chi connectivity index (χ1n) is 8.54. The fourth-order valence-electron chi connectivity index (χ4n) is 3.33. The lowest BCUT2D eigenvalue weighted by atomic mass is 9.81. The Bertz CT molecular complexity index is 726. The number of ether oxygens (including phenoxy) is 1. The second-order valence-corrected chi connectivity index (χ2v) is 7.21. The van der Waals surface area contributed by atoms with Gasteiger partial charge in [0.2, 0.25) is 0 Å². The Hall–Kier alpha value is -2.09. The van der Waals surface area contributed by atoms with E-state index in [1.165, 1.54) is 33.4 Å². The van der Waals surface area contributed by atoms with Gasteiger partial charge in [-0.2, -0.15) is 0 Å². The number of carbonyl (C=O) groups excluding carboxylic acids is 1. The molecule has 0 unspecified atom stereocenters. The molecule has 0 aliphatic rings. The molecule has 0 aliphatic carbocycles. The highest BCUT2D eigenvalue weighted by molar-refractivity contribution is 5.83. The van der Waals surface area contributed by atoms with E-state index in [2.05, 4.69) is 58.0 Å². The predicted octanol–water partition coefficient (Wildman–Crippen LogP) is 5.43. The van der Waals surface area contributed by atoms with Crippen molar-refractivity contribution in [3.05, 3.63) is 58.1 Å². The van der Waals surface area contributed by atoms with Crippen LogP contribution in [0, 0.1) is 27.7 Å². The second kappa shape index (κ2) is 6.80. The maximum atomic E-state index is 12.3. The van der Waals surface area contributed by atoms with Gasteiger partial charge in [-0.15, -0.1) is 0 Å². The van der Waals surface area contributed by atoms with Crippen LogP contribution in [0.2, 0.25) is 0 Å². The molecule has 0 N–H and O–H groups in total. The van der Waals surface area contributed by atoms with Crippen molar-refractivity contribution in [1.82, 2.24) is 0 Å². The van der Waals surface area contributed by atoms with E-state index >= 15 is 0 Å². The lowest BCUT2D eigenvalue weighted by Crippen LogP contribution is -2.31. The predicted molar refractivity (Wildman–Crippen MR) is 100 cm³/mol. The minimum absolute atomic E-state index is 0.178. The molecule has 0 aliphatic heterocycles. The zero-order valence-corrected chi connectivity index (χ0v) is 15.9. The van der Waals surface area contributed by atoms with Gasteiger partial charge in [0.1, 0.15) is 0 Å². The van der Waals surface area contributed by atoms with Crippen molar-refractivity contribution in [3.63, 3.8) is 0 Å². The normalized spacial score (nSPS) is 11.5. The molecular formula is C22H28O2. The summed E-state index contributed by atoms with van der Waals surface area (Å²) in [6, 6.07) is 10.9. The van der Waals surface area contributed by atoms with Crippen LogP contribution in [0.5, 0.6) is 0 Å². The zero-order valence-electron chi connectivity index (χ0n) is 15.9. The fraction of sp³-hybridized carbons (Fsp3) is 0.409. The summed E-state index contributed by atoms with van der Waals surface area (Å²) in [5.41, 5.74) is 7.75. The molecule has 0 bridgehead atoms. The van der Waals surface area contributed by atoms with Gasteiger partial charge in [-0.05, 0) is 76.3 Å². The molecule has 0 spiro atoms. The van der Waals surface area contributed by atoms with Gasteiger partial charge in [0.25, 0.3) is 0 Å².